The quantitative estimate of drug-likeness (QED) is 0.508. The van der Waals surface area contributed by atoms with Crippen molar-refractivity contribution in [2.45, 2.75) is 0 Å². The Labute approximate surface area is 102 Å². The van der Waals surface area contributed by atoms with E-state index in [1.165, 1.54) is 6.07 Å². The van der Waals surface area contributed by atoms with Crippen LogP contribution in [0.15, 0.2) is 52.9 Å². The van der Waals surface area contributed by atoms with Gasteiger partial charge >= 0.3 is 0 Å². The van der Waals surface area contributed by atoms with Crippen LogP contribution in [-0.4, -0.2) is 9.91 Å². The fourth-order valence-electron chi connectivity index (χ4n) is 1.79. The largest absolute Gasteiger partial charge is 0.436 e. The van der Waals surface area contributed by atoms with Gasteiger partial charge in [-0.1, -0.05) is 24.3 Å². The van der Waals surface area contributed by atoms with Crippen LogP contribution in [0.1, 0.15) is 0 Å². The molecule has 0 aliphatic rings. The van der Waals surface area contributed by atoms with Crippen LogP contribution >= 0.6 is 0 Å². The number of oxazole rings is 1. The molecule has 3 aromatic rings. The molecule has 0 spiro atoms. The number of hydrogen-bond acceptors (Lipinski definition) is 4. The van der Waals surface area contributed by atoms with E-state index < -0.39 is 4.92 Å². The van der Waals surface area contributed by atoms with Crippen LogP contribution in [0.3, 0.4) is 0 Å². The fourth-order valence-corrected chi connectivity index (χ4v) is 1.79. The number of hydrogen-bond donors (Lipinski definition) is 0. The molecule has 0 unspecified atom stereocenters. The maximum Gasteiger partial charge on any atom is 0.298 e. The van der Waals surface area contributed by atoms with Crippen molar-refractivity contribution in [1.82, 2.24) is 4.98 Å². The fraction of sp³-hybridized carbons (Fsp3) is 0. The van der Waals surface area contributed by atoms with Crippen molar-refractivity contribution in [1.29, 1.82) is 0 Å². The lowest BCUT2D eigenvalue weighted by Crippen LogP contribution is -1.88. The van der Waals surface area contributed by atoms with E-state index in [4.69, 9.17) is 4.42 Å². The van der Waals surface area contributed by atoms with Crippen LogP contribution < -0.4 is 0 Å². The van der Waals surface area contributed by atoms with Crippen LogP contribution in [0, 0.1) is 10.1 Å². The summed E-state index contributed by atoms with van der Waals surface area (Å²) >= 11 is 0. The maximum atomic E-state index is 10.9. The SMILES string of the molecule is O=[N+]([O-])c1cccc2oc(-c3ccccc3)nc12. The van der Waals surface area contributed by atoms with E-state index in [0.29, 0.717) is 11.5 Å². The Morgan fingerprint density at radius 2 is 1.83 bits per heavy atom. The van der Waals surface area contributed by atoms with Gasteiger partial charge < -0.3 is 4.42 Å². The first-order chi connectivity index (χ1) is 8.75. The predicted molar refractivity (Wildman–Crippen MR) is 66.1 cm³/mol. The van der Waals surface area contributed by atoms with Crippen molar-refractivity contribution in [3.63, 3.8) is 0 Å². The van der Waals surface area contributed by atoms with Crippen molar-refractivity contribution in [3.05, 3.63) is 58.6 Å². The molecule has 88 valence electrons. The lowest BCUT2D eigenvalue weighted by Gasteiger charge is -1.91. The van der Waals surface area contributed by atoms with Crippen LogP contribution in [-0.2, 0) is 0 Å². The average molecular weight is 240 g/mol. The van der Waals surface area contributed by atoms with E-state index >= 15 is 0 Å². The molecule has 0 bridgehead atoms. The smallest absolute Gasteiger partial charge is 0.298 e. The number of nitrogens with zero attached hydrogens (tertiary/aromatic N) is 2. The Morgan fingerprint density at radius 1 is 1.06 bits per heavy atom. The highest BCUT2D eigenvalue weighted by Gasteiger charge is 2.17. The second-order valence-electron chi connectivity index (χ2n) is 3.77. The first-order valence-electron chi connectivity index (χ1n) is 5.35. The minimum absolute atomic E-state index is 0.0431. The molecule has 0 fully saturated rings. The van der Waals surface area contributed by atoms with Crippen molar-refractivity contribution in [2.24, 2.45) is 0 Å². The van der Waals surface area contributed by atoms with E-state index in [-0.39, 0.29) is 11.2 Å². The number of aromatic nitrogens is 1. The molecule has 0 N–H and O–H groups in total. The zero-order valence-electron chi connectivity index (χ0n) is 9.24. The molecule has 5 nitrogen and oxygen atoms in total. The van der Waals surface area contributed by atoms with Gasteiger partial charge in [-0.15, -0.1) is 0 Å². The molecule has 5 heteroatoms. The van der Waals surface area contributed by atoms with Crippen molar-refractivity contribution in [2.75, 3.05) is 0 Å². The first-order valence-corrected chi connectivity index (χ1v) is 5.35. The lowest BCUT2D eigenvalue weighted by atomic mass is 10.2. The summed E-state index contributed by atoms with van der Waals surface area (Å²) in [6.45, 7) is 0. The molecule has 0 radical (unpaired) electrons. The molecule has 0 saturated heterocycles. The third-order valence-electron chi connectivity index (χ3n) is 2.62. The number of benzene rings is 2. The molecule has 18 heavy (non-hydrogen) atoms. The summed E-state index contributed by atoms with van der Waals surface area (Å²) in [6, 6.07) is 14.0. The molecule has 2 aromatic carbocycles. The van der Waals surface area contributed by atoms with Crippen LogP contribution in [0.5, 0.6) is 0 Å². The summed E-state index contributed by atoms with van der Waals surface area (Å²) in [6.07, 6.45) is 0. The Bertz CT molecular complexity index is 719. The van der Waals surface area contributed by atoms with Gasteiger partial charge in [0.25, 0.3) is 5.69 Å². The standard InChI is InChI=1S/C13H8N2O3/c16-15(17)10-7-4-8-11-12(10)14-13(18-11)9-5-2-1-3-6-9/h1-8H. The van der Waals surface area contributed by atoms with Gasteiger partial charge in [-0.3, -0.25) is 10.1 Å². The van der Waals surface area contributed by atoms with Crippen molar-refractivity contribution >= 4 is 16.8 Å². The number of rotatable bonds is 2. The molecule has 3 rings (SSSR count). The van der Waals surface area contributed by atoms with Gasteiger partial charge in [0.2, 0.25) is 5.89 Å². The number of nitro groups is 1. The van der Waals surface area contributed by atoms with E-state index in [2.05, 4.69) is 4.98 Å². The molecule has 0 amide bonds. The summed E-state index contributed by atoms with van der Waals surface area (Å²) in [5.74, 6) is 0.389. The van der Waals surface area contributed by atoms with E-state index in [1.807, 2.05) is 30.3 Å². The molecule has 1 aromatic heterocycles. The normalized spacial score (nSPS) is 10.7. The van der Waals surface area contributed by atoms with Crippen molar-refractivity contribution < 1.29 is 9.34 Å². The molecule has 1 heterocycles. The zero-order valence-corrected chi connectivity index (χ0v) is 9.24. The first kappa shape index (κ1) is 10.5. The third-order valence-corrected chi connectivity index (χ3v) is 2.62. The highest BCUT2D eigenvalue weighted by atomic mass is 16.6. The van der Waals surface area contributed by atoms with Gasteiger partial charge in [-0.25, -0.2) is 4.98 Å². The summed E-state index contributed by atoms with van der Waals surface area (Å²) in [5, 5.41) is 10.9. The minimum atomic E-state index is -0.459. The molecular formula is C13H8N2O3. The maximum absolute atomic E-state index is 10.9. The van der Waals surface area contributed by atoms with Crippen LogP contribution in [0.2, 0.25) is 0 Å². The summed E-state index contributed by atoms with van der Waals surface area (Å²) in [7, 11) is 0. The van der Waals surface area contributed by atoms with Crippen LogP contribution in [0.25, 0.3) is 22.6 Å². The molecule has 0 aliphatic heterocycles. The second-order valence-corrected chi connectivity index (χ2v) is 3.77. The summed E-state index contributed by atoms with van der Waals surface area (Å²) in [5.41, 5.74) is 1.45. The molecule has 0 aliphatic carbocycles. The molecule has 0 atom stereocenters. The molecular weight excluding hydrogens is 232 g/mol. The number of fused-ring (bicyclic) bond motifs is 1. The van der Waals surface area contributed by atoms with Gasteiger partial charge in [-0.05, 0) is 18.2 Å². The second kappa shape index (κ2) is 3.96. The van der Waals surface area contributed by atoms with Gasteiger partial charge in [0.05, 0.1) is 4.92 Å². The highest BCUT2D eigenvalue weighted by molar-refractivity contribution is 5.84. The highest BCUT2D eigenvalue weighted by Crippen LogP contribution is 2.29. The third kappa shape index (κ3) is 1.62. The minimum Gasteiger partial charge on any atom is -0.436 e. The van der Waals surface area contributed by atoms with Crippen LogP contribution in [0.4, 0.5) is 5.69 Å². The van der Waals surface area contributed by atoms with E-state index in [1.54, 1.807) is 12.1 Å². The monoisotopic (exact) mass is 240 g/mol. The van der Waals surface area contributed by atoms with E-state index in [0.717, 1.165) is 5.56 Å². The Hall–Kier alpha value is -2.69. The van der Waals surface area contributed by atoms with E-state index in [9.17, 15) is 10.1 Å². The summed E-state index contributed by atoms with van der Waals surface area (Å²) in [4.78, 5) is 14.6. The van der Waals surface area contributed by atoms with Gasteiger partial charge in [0.1, 0.15) is 0 Å². The number of non-ortho nitro benzene ring substituents is 1. The average Bonchev–Trinajstić information content (AvgIpc) is 2.83. The van der Waals surface area contributed by atoms with Gasteiger partial charge in [0, 0.05) is 11.6 Å². The zero-order chi connectivity index (χ0) is 12.5. The number of para-hydroxylation sites is 1. The van der Waals surface area contributed by atoms with Gasteiger partial charge in [-0.2, -0.15) is 0 Å². The van der Waals surface area contributed by atoms with Gasteiger partial charge in [0.15, 0.2) is 11.1 Å². The Morgan fingerprint density at radius 3 is 2.56 bits per heavy atom. The number of nitro benzene ring substituents is 1. The topological polar surface area (TPSA) is 69.2 Å². The Kier molecular flexibility index (Phi) is 2.30. The Balaban J connectivity index is 2.23. The molecule has 0 saturated carbocycles. The lowest BCUT2D eigenvalue weighted by molar-refractivity contribution is -0.383. The van der Waals surface area contributed by atoms with Crippen molar-refractivity contribution in [3.8, 4) is 11.5 Å². The summed E-state index contributed by atoms with van der Waals surface area (Å²) < 4.78 is 5.53. The predicted octanol–water partition coefficient (Wildman–Crippen LogP) is 3.40.